The summed E-state index contributed by atoms with van der Waals surface area (Å²) in [6, 6.07) is 27.5. The predicted octanol–water partition coefficient (Wildman–Crippen LogP) is 5.85. The Labute approximate surface area is 259 Å². The smallest absolute Gasteiger partial charge is 0.264 e. The number of amides is 2. The molecule has 0 aliphatic carbocycles. The number of carbonyl (C=O) groups is 2. The standard InChI is InChI=1S/C34H36ClN3O4S/c1-24-14-18-30(19-15-24)43(41,42)38(29-17-16-26(3)31(35)21-29)23-33(39)37(22-28-13-9-8-10-25(28)2)32(34(40)36-4)20-27-11-6-5-7-12-27/h5-19,21,32H,20,22-23H2,1-4H3,(H,36,40)/t32-/m1/s1. The minimum atomic E-state index is -4.19. The van der Waals surface area contributed by atoms with Gasteiger partial charge < -0.3 is 10.2 Å². The number of benzene rings is 4. The predicted molar refractivity (Wildman–Crippen MR) is 172 cm³/mol. The number of carbonyl (C=O) groups excluding carboxylic acids is 2. The number of hydrogen-bond acceptors (Lipinski definition) is 4. The van der Waals surface area contributed by atoms with Gasteiger partial charge in [0.05, 0.1) is 10.6 Å². The molecular formula is C34H36ClN3O4S. The molecule has 0 radical (unpaired) electrons. The number of nitrogens with zero attached hydrogens (tertiary/aromatic N) is 2. The summed E-state index contributed by atoms with van der Waals surface area (Å²) in [7, 11) is -2.67. The van der Waals surface area contributed by atoms with E-state index in [0.717, 1.165) is 32.1 Å². The number of sulfonamides is 1. The minimum Gasteiger partial charge on any atom is -0.357 e. The van der Waals surface area contributed by atoms with E-state index in [-0.39, 0.29) is 29.5 Å². The summed E-state index contributed by atoms with van der Waals surface area (Å²) in [4.78, 5) is 29.3. The van der Waals surface area contributed by atoms with Crippen molar-refractivity contribution >= 4 is 39.1 Å². The van der Waals surface area contributed by atoms with Crippen LogP contribution in [0.3, 0.4) is 0 Å². The molecule has 4 rings (SSSR count). The van der Waals surface area contributed by atoms with Gasteiger partial charge in [-0.25, -0.2) is 8.42 Å². The minimum absolute atomic E-state index is 0.0418. The Morgan fingerprint density at radius 3 is 2.12 bits per heavy atom. The monoisotopic (exact) mass is 617 g/mol. The van der Waals surface area contributed by atoms with E-state index in [1.807, 2.05) is 75.4 Å². The van der Waals surface area contributed by atoms with Gasteiger partial charge in [-0.1, -0.05) is 90.0 Å². The van der Waals surface area contributed by atoms with E-state index >= 15 is 0 Å². The molecule has 0 heterocycles. The molecule has 0 unspecified atom stereocenters. The maximum atomic E-state index is 14.4. The molecule has 1 atom stereocenters. The van der Waals surface area contributed by atoms with Crippen LogP contribution in [0.25, 0.3) is 0 Å². The van der Waals surface area contributed by atoms with Crippen molar-refractivity contribution in [2.45, 2.75) is 44.7 Å². The van der Waals surface area contributed by atoms with Crippen LogP contribution < -0.4 is 9.62 Å². The molecule has 2 amide bonds. The van der Waals surface area contributed by atoms with Crippen LogP contribution in [0.2, 0.25) is 5.02 Å². The Hall–Kier alpha value is -4.14. The lowest BCUT2D eigenvalue weighted by Crippen LogP contribution is -2.53. The normalized spacial score (nSPS) is 11.9. The highest BCUT2D eigenvalue weighted by Crippen LogP contribution is 2.29. The highest BCUT2D eigenvalue weighted by molar-refractivity contribution is 7.92. The lowest BCUT2D eigenvalue weighted by molar-refractivity contribution is -0.139. The van der Waals surface area contributed by atoms with Gasteiger partial charge in [-0.2, -0.15) is 0 Å². The van der Waals surface area contributed by atoms with Crippen LogP contribution in [0.15, 0.2) is 102 Å². The third kappa shape index (κ3) is 7.63. The van der Waals surface area contributed by atoms with Crippen LogP contribution >= 0.6 is 11.6 Å². The van der Waals surface area contributed by atoms with E-state index in [9.17, 15) is 18.0 Å². The zero-order valence-corrected chi connectivity index (χ0v) is 26.3. The van der Waals surface area contributed by atoms with E-state index < -0.39 is 28.5 Å². The number of likely N-dealkylation sites (N-methyl/N-ethyl adjacent to an activating group) is 1. The molecule has 0 spiro atoms. The summed E-state index contributed by atoms with van der Waals surface area (Å²) >= 11 is 6.43. The summed E-state index contributed by atoms with van der Waals surface area (Å²) < 4.78 is 29.3. The summed E-state index contributed by atoms with van der Waals surface area (Å²) in [5.74, 6) is -0.878. The molecule has 4 aromatic carbocycles. The first-order valence-electron chi connectivity index (χ1n) is 14.0. The first-order valence-corrected chi connectivity index (χ1v) is 15.8. The lowest BCUT2D eigenvalue weighted by atomic mass is 10.0. The largest absolute Gasteiger partial charge is 0.357 e. The van der Waals surface area contributed by atoms with Crippen LogP contribution in [-0.4, -0.2) is 44.8 Å². The Balaban J connectivity index is 1.81. The van der Waals surface area contributed by atoms with Gasteiger partial charge in [0.25, 0.3) is 10.0 Å². The Bertz CT molecular complexity index is 1690. The van der Waals surface area contributed by atoms with Gasteiger partial charge in [-0.05, 0) is 67.3 Å². The molecule has 4 aromatic rings. The van der Waals surface area contributed by atoms with Gasteiger partial charge in [0.15, 0.2) is 0 Å². The average Bonchev–Trinajstić information content (AvgIpc) is 3.00. The Kier molecular flexibility index (Phi) is 10.3. The summed E-state index contributed by atoms with van der Waals surface area (Å²) in [6.45, 7) is 5.20. The molecule has 0 aromatic heterocycles. The number of anilines is 1. The fraction of sp³-hybridized carbons (Fsp3) is 0.235. The zero-order valence-electron chi connectivity index (χ0n) is 24.7. The number of nitrogens with one attached hydrogen (secondary N) is 1. The summed E-state index contributed by atoms with van der Waals surface area (Å²) in [5, 5.41) is 3.07. The van der Waals surface area contributed by atoms with Crippen molar-refractivity contribution in [3.8, 4) is 0 Å². The third-order valence-electron chi connectivity index (χ3n) is 7.45. The van der Waals surface area contributed by atoms with Crippen LogP contribution in [0.1, 0.15) is 27.8 Å². The Morgan fingerprint density at radius 2 is 1.49 bits per heavy atom. The van der Waals surface area contributed by atoms with Crippen molar-refractivity contribution < 1.29 is 18.0 Å². The summed E-state index contributed by atoms with van der Waals surface area (Å²) in [5.41, 5.74) is 4.59. The topological polar surface area (TPSA) is 86.8 Å². The van der Waals surface area contributed by atoms with Crippen molar-refractivity contribution in [3.05, 3.63) is 130 Å². The third-order valence-corrected chi connectivity index (χ3v) is 9.65. The van der Waals surface area contributed by atoms with Crippen LogP contribution in [0.5, 0.6) is 0 Å². The van der Waals surface area contributed by atoms with Crippen LogP contribution in [-0.2, 0) is 32.6 Å². The molecule has 0 saturated heterocycles. The first kappa shape index (κ1) is 31.8. The van der Waals surface area contributed by atoms with Crippen molar-refractivity contribution in [2.75, 3.05) is 17.9 Å². The molecule has 7 nitrogen and oxygen atoms in total. The summed E-state index contributed by atoms with van der Waals surface area (Å²) in [6.07, 6.45) is 0.249. The average molecular weight is 618 g/mol. The molecule has 224 valence electrons. The van der Waals surface area contributed by atoms with E-state index in [0.29, 0.717) is 5.02 Å². The van der Waals surface area contributed by atoms with Gasteiger partial charge in [0, 0.05) is 25.0 Å². The fourth-order valence-corrected chi connectivity index (χ4v) is 6.38. The molecule has 43 heavy (non-hydrogen) atoms. The zero-order chi connectivity index (χ0) is 31.1. The second-order valence-corrected chi connectivity index (χ2v) is 12.8. The number of hydrogen-bond donors (Lipinski definition) is 1. The highest BCUT2D eigenvalue weighted by atomic mass is 35.5. The SMILES string of the molecule is CNC(=O)[C@@H](Cc1ccccc1)N(Cc1ccccc1C)C(=O)CN(c1ccc(C)c(Cl)c1)S(=O)(=O)c1ccc(C)cc1. The van der Waals surface area contributed by atoms with Crippen molar-refractivity contribution in [1.82, 2.24) is 10.2 Å². The lowest BCUT2D eigenvalue weighted by Gasteiger charge is -2.34. The van der Waals surface area contributed by atoms with Crippen molar-refractivity contribution in [1.29, 1.82) is 0 Å². The van der Waals surface area contributed by atoms with Crippen molar-refractivity contribution in [2.24, 2.45) is 0 Å². The first-order chi connectivity index (χ1) is 20.5. The molecule has 9 heteroatoms. The quantitative estimate of drug-likeness (QED) is 0.229. The van der Waals surface area contributed by atoms with E-state index in [1.54, 1.807) is 30.3 Å². The molecule has 0 aliphatic rings. The van der Waals surface area contributed by atoms with Gasteiger partial charge in [-0.15, -0.1) is 0 Å². The van der Waals surface area contributed by atoms with Crippen LogP contribution in [0, 0.1) is 20.8 Å². The second-order valence-electron chi connectivity index (χ2n) is 10.5. The van der Waals surface area contributed by atoms with Crippen LogP contribution in [0.4, 0.5) is 5.69 Å². The molecule has 0 bridgehead atoms. The second kappa shape index (κ2) is 13.9. The highest BCUT2D eigenvalue weighted by Gasteiger charge is 2.34. The fourth-order valence-electron chi connectivity index (χ4n) is 4.79. The molecular weight excluding hydrogens is 582 g/mol. The number of aryl methyl sites for hydroxylation is 3. The molecule has 1 N–H and O–H groups in total. The van der Waals surface area contributed by atoms with Crippen molar-refractivity contribution in [3.63, 3.8) is 0 Å². The van der Waals surface area contributed by atoms with Gasteiger partial charge in [-0.3, -0.25) is 13.9 Å². The van der Waals surface area contributed by atoms with Gasteiger partial charge in [0.1, 0.15) is 12.6 Å². The number of halogens is 1. The van der Waals surface area contributed by atoms with Gasteiger partial charge >= 0.3 is 0 Å². The maximum Gasteiger partial charge on any atom is 0.264 e. The maximum absolute atomic E-state index is 14.4. The molecule has 0 aliphatic heterocycles. The molecule has 0 fully saturated rings. The van der Waals surface area contributed by atoms with E-state index in [4.69, 9.17) is 11.6 Å². The molecule has 0 saturated carbocycles. The number of rotatable bonds is 11. The van der Waals surface area contributed by atoms with Gasteiger partial charge in [0.2, 0.25) is 11.8 Å². The van der Waals surface area contributed by atoms with E-state index in [2.05, 4.69) is 5.32 Å². The Morgan fingerprint density at radius 1 is 0.837 bits per heavy atom. The van der Waals surface area contributed by atoms with E-state index in [1.165, 1.54) is 24.1 Å².